The maximum absolute atomic E-state index is 9.96. The molecular weight excluding hydrogens is 613 g/mol. The first-order chi connectivity index (χ1) is 24.5. The molecular formula is C45H38N4O. The lowest BCUT2D eigenvalue weighted by Crippen LogP contribution is -2.42. The van der Waals surface area contributed by atoms with E-state index in [1.807, 2.05) is 36.4 Å². The van der Waals surface area contributed by atoms with Gasteiger partial charge < -0.3 is 4.42 Å². The minimum atomic E-state index is 0.255. The van der Waals surface area contributed by atoms with E-state index < -0.39 is 0 Å². The number of furan rings is 1. The van der Waals surface area contributed by atoms with Crippen molar-refractivity contribution in [3.8, 4) is 51.4 Å². The highest BCUT2D eigenvalue weighted by Gasteiger charge is 2.45. The molecule has 2 bridgehead atoms. The predicted molar refractivity (Wildman–Crippen MR) is 200 cm³/mol. The number of fused-ring (bicyclic) bond motifs is 5. The molecule has 2 heterocycles. The van der Waals surface area contributed by atoms with Gasteiger partial charge in [0.15, 0.2) is 23.1 Å². The number of nitrogens with zero attached hydrogens (tertiary/aromatic N) is 4. The van der Waals surface area contributed by atoms with E-state index in [9.17, 15) is 5.26 Å². The monoisotopic (exact) mass is 650 g/mol. The van der Waals surface area contributed by atoms with Crippen molar-refractivity contribution in [2.45, 2.75) is 51.4 Å². The van der Waals surface area contributed by atoms with E-state index in [1.54, 1.807) is 6.07 Å². The van der Waals surface area contributed by atoms with Gasteiger partial charge in [0, 0.05) is 27.5 Å². The number of aromatic nitrogens is 3. The van der Waals surface area contributed by atoms with Crippen LogP contribution in [-0.2, 0) is 5.41 Å². The summed E-state index contributed by atoms with van der Waals surface area (Å²) in [5.74, 6) is 4.11. The number of benzene rings is 5. The molecule has 5 nitrogen and oxygen atoms in total. The molecule has 2 unspecified atom stereocenters. The second-order valence-electron chi connectivity index (χ2n) is 14.8. The molecule has 5 aromatic carbocycles. The highest BCUT2D eigenvalue weighted by molar-refractivity contribution is 6.13. The smallest absolute Gasteiger partial charge is 0.164 e. The van der Waals surface area contributed by atoms with Crippen LogP contribution in [-0.4, -0.2) is 15.0 Å². The zero-order valence-corrected chi connectivity index (χ0v) is 28.4. The van der Waals surface area contributed by atoms with Crippen molar-refractivity contribution in [1.82, 2.24) is 15.0 Å². The van der Waals surface area contributed by atoms with Crippen molar-refractivity contribution in [3.05, 3.63) is 126 Å². The second-order valence-corrected chi connectivity index (χ2v) is 14.8. The van der Waals surface area contributed by atoms with E-state index in [0.717, 1.165) is 61.9 Å². The fourth-order valence-electron chi connectivity index (χ4n) is 9.33. The molecule has 2 saturated carbocycles. The van der Waals surface area contributed by atoms with Crippen molar-refractivity contribution in [3.63, 3.8) is 0 Å². The summed E-state index contributed by atoms with van der Waals surface area (Å²) >= 11 is 0. The second kappa shape index (κ2) is 12.1. The topological polar surface area (TPSA) is 75.6 Å². The van der Waals surface area contributed by atoms with Crippen LogP contribution in [0.1, 0.15) is 57.1 Å². The number of nitriles is 1. The molecule has 2 aromatic heterocycles. The summed E-state index contributed by atoms with van der Waals surface area (Å²) in [5.41, 5.74) is 8.44. The van der Waals surface area contributed by atoms with E-state index >= 15 is 0 Å². The Morgan fingerprint density at radius 2 is 1.20 bits per heavy atom. The molecule has 0 N–H and O–H groups in total. The summed E-state index contributed by atoms with van der Waals surface area (Å²) in [6.07, 6.45) is 6.55. The SMILES string of the molecule is CC1C[C@H]2C[C@@H](C)CC(c3ccc(-c4nc(-c5ccc(-c6ccccc6)cc5)nc(-c5ccc(C#N)c6oc7ccccc7c56)n4)cc3)(C1)C2. The number of hydrogen-bond donors (Lipinski definition) is 0. The molecule has 2 fully saturated rings. The Morgan fingerprint density at radius 1 is 0.620 bits per heavy atom. The Morgan fingerprint density at radius 3 is 1.88 bits per heavy atom. The van der Waals surface area contributed by atoms with Crippen molar-refractivity contribution in [2.24, 2.45) is 17.8 Å². The summed E-state index contributed by atoms with van der Waals surface area (Å²) in [6.45, 7) is 4.88. The molecule has 50 heavy (non-hydrogen) atoms. The Balaban J connectivity index is 1.19. The van der Waals surface area contributed by atoms with Crippen molar-refractivity contribution >= 4 is 21.9 Å². The maximum Gasteiger partial charge on any atom is 0.164 e. The largest absolute Gasteiger partial charge is 0.455 e. The Kier molecular flexibility index (Phi) is 7.35. The first-order valence-corrected chi connectivity index (χ1v) is 17.8. The van der Waals surface area contributed by atoms with Crippen molar-refractivity contribution < 1.29 is 4.42 Å². The zero-order chi connectivity index (χ0) is 33.8. The van der Waals surface area contributed by atoms with E-state index in [1.165, 1.54) is 37.7 Å². The Bertz CT molecular complexity index is 2380. The minimum absolute atomic E-state index is 0.255. The van der Waals surface area contributed by atoms with Crippen LogP contribution in [0.3, 0.4) is 0 Å². The summed E-state index contributed by atoms with van der Waals surface area (Å²) in [4.78, 5) is 15.3. The summed E-state index contributed by atoms with van der Waals surface area (Å²) in [5, 5.41) is 11.7. The third kappa shape index (κ3) is 5.27. The molecule has 2 aliphatic rings. The number of hydrogen-bond acceptors (Lipinski definition) is 5. The number of rotatable bonds is 5. The Hall–Kier alpha value is -5.60. The van der Waals surface area contributed by atoms with Crippen LogP contribution in [0.4, 0.5) is 0 Å². The van der Waals surface area contributed by atoms with Crippen LogP contribution in [0, 0.1) is 29.1 Å². The van der Waals surface area contributed by atoms with E-state index in [2.05, 4.69) is 92.7 Å². The summed E-state index contributed by atoms with van der Waals surface area (Å²) in [6, 6.07) is 41.8. The van der Waals surface area contributed by atoms with Gasteiger partial charge in [-0.3, -0.25) is 0 Å². The van der Waals surface area contributed by atoms with Crippen LogP contribution < -0.4 is 0 Å². The van der Waals surface area contributed by atoms with Gasteiger partial charge in [0.2, 0.25) is 0 Å². The van der Waals surface area contributed by atoms with Gasteiger partial charge in [-0.15, -0.1) is 0 Å². The molecule has 7 aromatic rings. The van der Waals surface area contributed by atoms with Crippen LogP contribution in [0.15, 0.2) is 120 Å². The third-order valence-electron chi connectivity index (χ3n) is 11.2. The third-order valence-corrected chi connectivity index (χ3v) is 11.2. The molecule has 4 atom stereocenters. The minimum Gasteiger partial charge on any atom is -0.455 e. The normalized spacial score (nSPS) is 21.7. The first-order valence-electron chi connectivity index (χ1n) is 17.8. The molecule has 5 heteroatoms. The van der Waals surface area contributed by atoms with Crippen LogP contribution in [0.25, 0.3) is 67.2 Å². The van der Waals surface area contributed by atoms with Gasteiger partial charge in [0.05, 0.1) is 5.56 Å². The fraction of sp³-hybridized carbons (Fsp3) is 0.244. The zero-order valence-electron chi connectivity index (χ0n) is 28.4. The molecule has 0 amide bonds. The van der Waals surface area contributed by atoms with Gasteiger partial charge in [-0.05, 0) is 90.2 Å². The average molecular weight is 651 g/mol. The lowest BCUT2D eigenvalue weighted by atomic mass is 9.54. The molecule has 0 saturated heterocycles. The highest BCUT2D eigenvalue weighted by atomic mass is 16.3. The molecule has 0 spiro atoms. The van der Waals surface area contributed by atoms with E-state index in [0.29, 0.717) is 28.6 Å². The van der Waals surface area contributed by atoms with Gasteiger partial charge in [-0.1, -0.05) is 111 Å². The highest BCUT2D eigenvalue weighted by Crippen LogP contribution is 2.54. The van der Waals surface area contributed by atoms with Crippen LogP contribution >= 0.6 is 0 Å². The van der Waals surface area contributed by atoms with Crippen molar-refractivity contribution in [1.29, 1.82) is 5.26 Å². The Labute approximate surface area is 292 Å². The molecule has 244 valence electrons. The molecule has 9 rings (SSSR count). The van der Waals surface area contributed by atoms with E-state index in [-0.39, 0.29) is 5.41 Å². The lowest BCUT2D eigenvalue weighted by Gasteiger charge is -2.50. The van der Waals surface area contributed by atoms with Gasteiger partial charge in [-0.2, -0.15) is 5.26 Å². The van der Waals surface area contributed by atoms with Crippen LogP contribution in [0.5, 0.6) is 0 Å². The predicted octanol–water partition coefficient (Wildman–Crippen LogP) is 11.4. The molecule has 0 aliphatic heterocycles. The number of para-hydroxylation sites is 1. The fourth-order valence-corrected chi connectivity index (χ4v) is 9.33. The van der Waals surface area contributed by atoms with Gasteiger partial charge in [0.25, 0.3) is 0 Å². The van der Waals surface area contributed by atoms with Gasteiger partial charge >= 0.3 is 0 Å². The van der Waals surface area contributed by atoms with Gasteiger partial charge in [-0.25, -0.2) is 15.0 Å². The van der Waals surface area contributed by atoms with E-state index in [4.69, 9.17) is 19.4 Å². The quantitative estimate of drug-likeness (QED) is 0.185. The molecule has 0 radical (unpaired) electrons. The average Bonchev–Trinajstić information content (AvgIpc) is 3.54. The summed E-state index contributed by atoms with van der Waals surface area (Å²) in [7, 11) is 0. The standard InChI is InChI=1S/C45H38N4O/c1-28-22-30-23-29(2)25-45(24-28,26-30)36-19-16-34(17-20-36)43-47-42(33-14-12-32(13-15-33)31-8-4-3-5-9-31)48-44(49-43)38-21-18-35(27-46)41-40(38)37-10-6-7-11-39(37)50-41/h3-21,28-30H,22-26H2,1-2H3/t28-,29?,30-,45?/m1/s1. The lowest BCUT2D eigenvalue weighted by molar-refractivity contribution is 0.0780. The molecule has 2 aliphatic carbocycles. The summed E-state index contributed by atoms with van der Waals surface area (Å²) < 4.78 is 6.25. The van der Waals surface area contributed by atoms with Crippen LogP contribution in [0.2, 0.25) is 0 Å². The first kappa shape index (κ1) is 30.5. The van der Waals surface area contributed by atoms with Gasteiger partial charge in [0.1, 0.15) is 11.7 Å². The maximum atomic E-state index is 9.96. The van der Waals surface area contributed by atoms with Crippen molar-refractivity contribution in [2.75, 3.05) is 0 Å².